The van der Waals surface area contributed by atoms with Crippen LogP contribution in [0, 0.1) is 0 Å². The molecule has 4 nitrogen and oxygen atoms in total. The van der Waals surface area contributed by atoms with Crippen LogP contribution < -0.4 is 5.32 Å². The highest BCUT2D eigenvalue weighted by molar-refractivity contribution is 7.90. The van der Waals surface area contributed by atoms with Crippen molar-refractivity contribution in [2.75, 3.05) is 12.3 Å². The summed E-state index contributed by atoms with van der Waals surface area (Å²) in [5, 5.41) is 4.16. The molecule has 3 aromatic rings. The summed E-state index contributed by atoms with van der Waals surface area (Å²) in [5.41, 5.74) is 2.31. The Hall–Kier alpha value is -2.58. The van der Waals surface area contributed by atoms with E-state index in [9.17, 15) is 21.6 Å². The third-order valence-corrected chi connectivity index (χ3v) is 7.22. The zero-order chi connectivity index (χ0) is 22.1. The summed E-state index contributed by atoms with van der Waals surface area (Å²) in [6.45, 7) is 0.499. The number of hydrogen-bond acceptors (Lipinski definition) is 3. The molecule has 2 aromatic carbocycles. The minimum Gasteiger partial charge on any atom is -0.361 e. The normalized spacial score (nSPS) is 17.6. The van der Waals surface area contributed by atoms with Crippen molar-refractivity contribution in [3.8, 4) is 0 Å². The molecule has 0 fully saturated rings. The van der Waals surface area contributed by atoms with Gasteiger partial charge in [0.15, 0.2) is 9.84 Å². The number of alkyl halides is 3. The van der Waals surface area contributed by atoms with Crippen LogP contribution in [0.1, 0.15) is 29.5 Å². The van der Waals surface area contributed by atoms with Gasteiger partial charge in [0.25, 0.3) is 0 Å². The summed E-state index contributed by atoms with van der Waals surface area (Å²) in [6, 6.07) is 12.7. The van der Waals surface area contributed by atoms with Crippen LogP contribution in [0.3, 0.4) is 0 Å². The van der Waals surface area contributed by atoms with Crippen molar-refractivity contribution in [2.24, 2.45) is 0 Å². The number of para-hydroxylation sites is 1. The maximum Gasteiger partial charge on any atom is 0.416 e. The van der Waals surface area contributed by atoms with Crippen molar-refractivity contribution in [1.29, 1.82) is 0 Å². The number of H-pyrrole nitrogens is 1. The molecule has 1 atom stereocenters. The highest BCUT2D eigenvalue weighted by atomic mass is 32.2. The van der Waals surface area contributed by atoms with Gasteiger partial charge in [0.05, 0.1) is 17.1 Å². The first kappa shape index (κ1) is 21.6. The van der Waals surface area contributed by atoms with Crippen LogP contribution in [0.2, 0.25) is 0 Å². The zero-order valence-electron chi connectivity index (χ0n) is 16.7. The van der Waals surface area contributed by atoms with Crippen LogP contribution in [0.4, 0.5) is 13.2 Å². The van der Waals surface area contributed by atoms with E-state index in [4.69, 9.17) is 0 Å². The maximum absolute atomic E-state index is 13.0. The molecular weight excluding hydrogens is 425 g/mol. The Labute approximate surface area is 179 Å². The molecule has 164 valence electrons. The van der Waals surface area contributed by atoms with Gasteiger partial charge < -0.3 is 10.3 Å². The molecule has 0 radical (unpaired) electrons. The van der Waals surface area contributed by atoms with Crippen molar-refractivity contribution in [3.05, 3.63) is 77.5 Å². The molecule has 0 aliphatic carbocycles. The van der Waals surface area contributed by atoms with Gasteiger partial charge in [-0.05, 0) is 47.7 Å². The Morgan fingerprint density at radius 2 is 1.87 bits per heavy atom. The van der Waals surface area contributed by atoms with Crippen LogP contribution >= 0.6 is 0 Å². The molecule has 0 spiro atoms. The van der Waals surface area contributed by atoms with Crippen molar-refractivity contribution >= 4 is 26.3 Å². The number of halogens is 3. The lowest BCUT2D eigenvalue weighted by atomic mass is 9.93. The Morgan fingerprint density at radius 3 is 2.68 bits per heavy atom. The minimum atomic E-state index is -4.39. The van der Waals surface area contributed by atoms with Gasteiger partial charge in [0.1, 0.15) is 0 Å². The van der Waals surface area contributed by atoms with Gasteiger partial charge in [-0.15, -0.1) is 0 Å². The van der Waals surface area contributed by atoms with Crippen molar-refractivity contribution in [1.82, 2.24) is 10.3 Å². The highest BCUT2D eigenvalue weighted by Gasteiger charge is 2.31. The average Bonchev–Trinajstić information content (AvgIpc) is 3.14. The average molecular weight is 449 g/mol. The smallest absolute Gasteiger partial charge is 0.361 e. The van der Waals surface area contributed by atoms with Crippen LogP contribution in [0.5, 0.6) is 0 Å². The second-order valence-corrected chi connectivity index (χ2v) is 10.0. The third kappa shape index (κ3) is 5.19. The van der Waals surface area contributed by atoms with Gasteiger partial charge in [0, 0.05) is 29.7 Å². The molecule has 1 aliphatic heterocycles. The van der Waals surface area contributed by atoms with Gasteiger partial charge in [-0.2, -0.15) is 13.2 Å². The Kier molecular flexibility index (Phi) is 5.94. The number of hydrogen-bond donors (Lipinski definition) is 2. The van der Waals surface area contributed by atoms with E-state index in [2.05, 4.69) is 10.3 Å². The van der Waals surface area contributed by atoms with E-state index in [0.29, 0.717) is 24.9 Å². The Bertz CT molecular complexity index is 1210. The monoisotopic (exact) mass is 448 g/mol. The molecular formula is C23H23F3N2O2S. The second kappa shape index (κ2) is 8.51. The topological polar surface area (TPSA) is 62.0 Å². The molecule has 31 heavy (non-hydrogen) atoms. The fraction of sp³-hybridized carbons (Fsp3) is 0.304. The summed E-state index contributed by atoms with van der Waals surface area (Å²) < 4.78 is 64.5. The lowest BCUT2D eigenvalue weighted by Gasteiger charge is -2.25. The summed E-state index contributed by atoms with van der Waals surface area (Å²) >= 11 is 0. The number of sulfone groups is 1. The molecule has 8 heteroatoms. The van der Waals surface area contributed by atoms with E-state index >= 15 is 0 Å². The van der Waals surface area contributed by atoms with Gasteiger partial charge >= 0.3 is 6.18 Å². The first-order valence-corrected chi connectivity index (χ1v) is 11.9. The van der Waals surface area contributed by atoms with E-state index in [0.717, 1.165) is 34.2 Å². The summed E-state index contributed by atoms with van der Waals surface area (Å²) in [5.74, 6) is -0.0277. The van der Waals surface area contributed by atoms with E-state index < -0.39 is 21.6 Å². The van der Waals surface area contributed by atoms with Crippen LogP contribution in [0.15, 0.2) is 60.8 Å². The SMILES string of the molecule is O=S(=O)(CCC1CC(c2cccc(C(F)(F)F)c2)=CCN1)Cc1c[nH]c2ccccc12. The van der Waals surface area contributed by atoms with Crippen LogP contribution in [-0.2, 0) is 21.8 Å². The molecule has 0 bridgehead atoms. The molecule has 1 aliphatic rings. The van der Waals surface area contributed by atoms with E-state index in [1.807, 2.05) is 30.3 Å². The molecule has 2 N–H and O–H groups in total. The molecule has 2 heterocycles. The fourth-order valence-electron chi connectivity index (χ4n) is 3.99. The summed E-state index contributed by atoms with van der Waals surface area (Å²) in [7, 11) is -3.33. The fourth-order valence-corrected chi connectivity index (χ4v) is 5.49. The van der Waals surface area contributed by atoms with Gasteiger partial charge in [-0.1, -0.05) is 36.4 Å². The second-order valence-electron chi connectivity index (χ2n) is 7.86. The zero-order valence-corrected chi connectivity index (χ0v) is 17.6. The molecule has 0 amide bonds. The number of benzene rings is 2. The predicted molar refractivity (Wildman–Crippen MR) is 116 cm³/mol. The largest absolute Gasteiger partial charge is 0.416 e. The number of nitrogens with one attached hydrogen (secondary N) is 2. The van der Waals surface area contributed by atoms with Crippen molar-refractivity contribution in [3.63, 3.8) is 0 Å². The Balaban J connectivity index is 1.40. The van der Waals surface area contributed by atoms with Crippen molar-refractivity contribution < 1.29 is 21.6 Å². The number of aromatic amines is 1. The first-order valence-electron chi connectivity index (χ1n) is 10.1. The predicted octanol–water partition coefficient (Wildman–Crippen LogP) is 4.94. The molecule has 4 rings (SSSR count). The lowest BCUT2D eigenvalue weighted by molar-refractivity contribution is -0.137. The molecule has 0 saturated heterocycles. The standard InChI is InChI=1S/C23H23F3N2O2S/c24-23(25,26)19-5-3-4-16(12-19)17-8-10-27-20(13-17)9-11-31(29,30)15-18-14-28-22-7-2-1-6-21(18)22/h1-8,12,14,20,27-28H,9-11,13,15H2. The third-order valence-electron chi connectivity index (χ3n) is 5.61. The Morgan fingerprint density at radius 1 is 1.06 bits per heavy atom. The summed E-state index contributed by atoms with van der Waals surface area (Å²) in [6.07, 6.45) is 0.103. The number of fused-ring (bicyclic) bond motifs is 1. The molecule has 0 saturated carbocycles. The van der Waals surface area contributed by atoms with Crippen LogP contribution in [-0.4, -0.2) is 31.7 Å². The van der Waals surface area contributed by atoms with E-state index in [1.54, 1.807) is 12.3 Å². The lowest BCUT2D eigenvalue weighted by Crippen LogP contribution is -2.34. The van der Waals surface area contributed by atoms with Crippen LogP contribution in [0.25, 0.3) is 16.5 Å². The molecule has 1 aromatic heterocycles. The first-order chi connectivity index (χ1) is 14.7. The number of aromatic nitrogens is 1. The van der Waals surface area contributed by atoms with E-state index in [-0.39, 0.29) is 17.5 Å². The quantitative estimate of drug-likeness (QED) is 0.562. The minimum absolute atomic E-state index is 0.0139. The number of rotatable bonds is 6. The van der Waals surface area contributed by atoms with Gasteiger partial charge in [-0.3, -0.25) is 0 Å². The highest BCUT2D eigenvalue weighted by Crippen LogP contribution is 2.32. The molecule has 1 unspecified atom stereocenters. The van der Waals surface area contributed by atoms with Crippen molar-refractivity contribution in [2.45, 2.75) is 30.8 Å². The van der Waals surface area contributed by atoms with E-state index in [1.165, 1.54) is 6.07 Å². The maximum atomic E-state index is 13.0. The summed E-state index contributed by atoms with van der Waals surface area (Å²) in [4.78, 5) is 3.09. The van der Waals surface area contributed by atoms with Gasteiger partial charge in [-0.25, -0.2) is 8.42 Å². The van der Waals surface area contributed by atoms with Gasteiger partial charge in [0.2, 0.25) is 0 Å².